The second-order valence-electron chi connectivity index (χ2n) is 4.35. The molecule has 0 radical (unpaired) electrons. The van der Waals surface area contributed by atoms with Crippen LogP contribution in [0.15, 0.2) is 24.3 Å². The monoisotopic (exact) mass is 269 g/mol. The third-order valence-electron chi connectivity index (χ3n) is 3.10. The van der Waals surface area contributed by atoms with Gasteiger partial charge in [0.15, 0.2) is 0 Å². The molecule has 18 heavy (non-hydrogen) atoms. The van der Waals surface area contributed by atoms with Gasteiger partial charge in [-0.25, -0.2) is 4.39 Å². The Morgan fingerprint density at radius 1 is 1.33 bits per heavy atom. The second-order valence-corrected chi connectivity index (χ2v) is 4.73. The van der Waals surface area contributed by atoms with Gasteiger partial charge in [-0.2, -0.15) is 0 Å². The molecule has 0 aromatic heterocycles. The van der Waals surface area contributed by atoms with Gasteiger partial charge in [0.05, 0.1) is 6.42 Å². The number of benzene rings is 1. The number of hydrogen-bond acceptors (Lipinski definition) is 2. The molecule has 3 nitrogen and oxygen atoms in total. The zero-order chi connectivity index (χ0) is 13.1. The third kappa shape index (κ3) is 2.88. The van der Waals surface area contributed by atoms with Crippen molar-refractivity contribution in [1.29, 1.82) is 0 Å². The number of halogens is 2. The molecule has 0 spiro atoms. The van der Waals surface area contributed by atoms with Crippen LogP contribution in [0.2, 0.25) is 0 Å². The van der Waals surface area contributed by atoms with Gasteiger partial charge in [-0.3, -0.25) is 9.59 Å². The molecule has 1 aromatic carbocycles. The van der Waals surface area contributed by atoms with Crippen molar-refractivity contribution in [3.05, 3.63) is 35.6 Å². The average molecular weight is 270 g/mol. The maximum Gasteiger partial charge on any atom is 0.244 e. The van der Waals surface area contributed by atoms with Gasteiger partial charge in [-0.1, -0.05) is 12.1 Å². The summed E-state index contributed by atoms with van der Waals surface area (Å²) in [5, 5.41) is -0.486. The Hall–Kier alpha value is -1.42. The molecule has 1 aliphatic rings. The number of hydrogen-bond donors (Lipinski definition) is 0. The SMILES string of the molecule is O=C(Cl)C1CCCN1C(=O)Cc1ccc(F)cc1. The fourth-order valence-corrected chi connectivity index (χ4v) is 2.41. The maximum atomic E-state index is 12.7. The van der Waals surface area contributed by atoms with Crippen LogP contribution in [0.1, 0.15) is 18.4 Å². The number of likely N-dealkylation sites (tertiary alicyclic amines) is 1. The van der Waals surface area contributed by atoms with Gasteiger partial charge in [0.25, 0.3) is 0 Å². The van der Waals surface area contributed by atoms with Crippen molar-refractivity contribution in [2.75, 3.05) is 6.54 Å². The first-order valence-electron chi connectivity index (χ1n) is 5.81. The summed E-state index contributed by atoms with van der Waals surface area (Å²) in [4.78, 5) is 24.7. The van der Waals surface area contributed by atoms with E-state index in [2.05, 4.69) is 0 Å². The fourth-order valence-electron chi connectivity index (χ4n) is 2.18. The normalized spacial score (nSPS) is 19.0. The van der Waals surface area contributed by atoms with Crippen molar-refractivity contribution in [2.45, 2.75) is 25.3 Å². The molecule has 1 aromatic rings. The highest BCUT2D eigenvalue weighted by atomic mass is 35.5. The number of carbonyl (C=O) groups excluding carboxylic acids is 2. The first-order chi connectivity index (χ1) is 8.58. The van der Waals surface area contributed by atoms with Crippen molar-refractivity contribution < 1.29 is 14.0 Å². The standard InChI is InChI=1S/C13H13ClFNO2/c14-13(18)11-2-1-7-16(11)12(17)8-9-3-5-10(15)6-4-9/h3-6,11H,1-2,7-8H2. The van der Waals surface area contributed by atoms with E-state index in [1.165, 1.54) is 17.0 Å². The fraction of sp³-hybridized carbons (Fsp3) is 0.385. The quantitative estimate of drug-likeness (QED) is 0.789. The van der Waals surface area contributed by atoms with Crippen LogP contribution < -0.4 is 0 Å². The summed E-state index contributed by atoms with van der Waals surface area (Å²) in [7, 11) is 0. The molecule has 1 saturated heterocycles. The smallest absolute Gasteiger partial charge is 0.244 e. The van der Waals surface area contributed by atoms with Crippen LogP contribution in [0, 0.1) is 5.82 Å². The Morgan fingerprint density at radius 2 is 2.00 bits per heavy atom. The lowest BCUT2D eigenvalue weighted by Crippen LogP contribution is -2.39. The van der Waals surface area contributed by atoms with Crippen molar-refractivity contribution >= 4 is 22.8 Å². The largest absolute Gasteiger partial charge is 0.331 e. The highest BCUT2D eigenvalue weighted by Gasteiger charge is 2.32. The van der Waals surface area contributed by atoms with Gasteiger partial charge >= 0.3 is 0 Å². The molecule has 1 atom stereocenters. The second kappa shape index (κ2) is 5.48. The van der Waals surface area contributed by atoms with E-state index in [0.29, 0.717) is 13.0 Å². The highest BCUT2D eigenvalue weighted by Crippen LogP contribution is 2.20. The Labute approximate surface area is 110 Å². The predicted molar refractivity (Wildman–Crippen MR) is 65.7 cm³/mol. The van der Waals surface area contributed by atoms with Crippen LogP contribution in [0.25, 0.3) is 0 Å². The molecular formula is C13H13ClFNO2. The van der Waals surface area contributed by atoms with Crippen LogP contribution in [-0.2, 0) is 16.0 Å². The van der Waals surface area contributed by atoms with Gasteiger partial charge in [0, 0.05) is 6.54 Å². The van der Waals surface area contributed by atoms with E-state index in [0.717, 1.165) is 12.0 Å². The van der Waals surface area contributed by atoms with Gasteiger partial charge in [0.2, 0.25) is 11.1 Å². The molecule has 0 saturated carbocycles. The van der Waals surface area contributed by atoms with Gasteiger partial charge in [0.1, 0.15) is 11.9 Å². The van der Waals surface area contributed by atoms with E-state index in [-0.39, 0.29) is 18.1 Å². The Morgan fingerprint density at radius 3 is 2.61 bits per heavy atom. The van der Waals surface area contributed by atoms with Crippen molar-refractivity contribution in [3.63, 3.8) is 0 Å². The number of amides is 1. The molecular weight excluding hydrogens is 257 g/mol. The summed E-state index contributed by atoms with van der Waals surface area (Å²) in [6, 6.07) is 5.27. The number of rotatable bonds is 3. The number of nitrogens with zero attached hydrogens (tertiary/aromatic N) is 1. The highest BCUT2D eigenvalue weighted by molar-refractivity contribution is 6.64. The summed E-state index contributed by atoms with van der Waals surface area (Å²) in [6.45, 7) is 0.559. The predicted octanol–water partition coefficient (Wildman–Crippen LogP) is 2.12. The molecule has 0 N–H and O–H groups in total. The summed E-state index contributed by atoms with van der Waals surface area (Å²) in [5.74, 6) is -0.473. The van der Waals surface area contributed by atoms with E-state index in [1.54, 1.807) is 12.1 Å². The lowest BCUT2D eigenvalue weighted by Gasteiger charge is -2.21. The van der Waals surface area contributed by atoms with Gasteiger partial charge in [-0.05, 0) is 42.1 Å². The van der Waals surface area contributed by atoms with E-state index in [9.17, 15) is 14.0 Å². The minimum atomic E-state index is -0.500. The molecule has 2 rings (SSSR count). The van der Waals surface area contributed by atoms with E-state index >= 15 is 0 Å². The molecule has 96 valence electrons. The summed E-state index contributed by atoms with van der Waals surface area (Å²) >= 11 is 5.46. The molecule has 0 bridgehead atoms. The van der Waals surface area contributed by atoms with Crippen LogP contribution in [0.4, 0.5) is 4.39 Å². The zero-order valence-corrected chi connectivity index (χ0v) is 10.5. The minimum Gasteiger partial charge on any atom is -0.331 e. The molecule has 5 heteroatoms. The van der Waals surface area contributed by atoms with E-state index in [4.69, 9.17) is 11.6 Å². The van der Waals surface area contributed by atoms with Crippen LogP contribution in [0.5, 0.6) is 0 Å². The van der Waals surface area contributed by atoms with Crippen LogP contribution >= 0.6 is 11.6 Å². The average Bonchev–Trinajstić information content (AvgIpc) is 2.81. The lowest BCUT2D eigenvalue weighted by atomic mass is 10.1. The number of carbonyl (C=O) groups is 2. The minimum absolute atomic E-state index is 0.141. The maximum absolute atomic E-state index is 12.7. The molecule has 1 unspecified atom stereocenters. The molecule has 1 heterocycles. The molecule has 1 fully saturated rings. The molecule has 1 aliphatic heterocycles. The van der Waals surface area contributed by atoms with Crippen molar-refractivity contribution in [2.24, 2.45) is 0 Å². The zero-order valence-electron chi connectivity index (χ0n) is 9.73. The lowest BCUT2D eigenvalue weighted by molar-refractivity contribution is -0.134. The van der Waals surface area contributed by atoms with E-state index < -0.39 is 11.3 Å². The summed E-state index contributed by atoms with van der Waals surface area (Å²) in [6.07, 6.45) is 1.58. The van der Waals surface area contributed by atoms with Crippen molar-refractivity contribution in [3.8, 4) is 0 Å². The third-order valence-corrected chi connectivity index (χ3v) is 3.36. The topological polar surface area (TPSA) is 37.4 Å². The first kappa shape index (κ1) is 13.0. The van der Waals surface area contributed by atoms with Gasteiger partial charge in [-0.15, -0.1) is 0 Å². The van der Waals surface area contributed by atoms with Crippen molar-refractivity contribution in [1.82, 2.24) is 4.90 Å². The van der Waals surface area contributed by atoms with Crippen LogP contribution in [0.3, 0.4) is 0 Å². The summed E-state index contributed by atoms with van der Waals surface area (Å²) in [5.41, 5.74) is 0.731. The first-order valence-corrected chi connectivity index (χ1v) is 6.19. The Bertz CT molecular complexity index is 461. The molecule has 0 aliphatic carbocycles. The van der Waals surface area contributed by atoms with Gasteiger partial charge < -0.3 is 4.90 Å². The molecule has 1 amide bonds. The van der Waals surface area contributed by atoms with E-state index in [1.807, 2.05) is 0 Å². The van der Waals surface area contributed by atoms with Crippen LogP contribution in [-0.4, -0.2) is 28.6 Å². The Kier molecular flexibility index (Phi) is 3.97. The summed E-state index contributed by atoms with van der Waals surface area (Å²) < 4.78 is 12.7. The Balaban J connectivity index is 2.03.